The average Bonchev–Trinajstić information content (AvgIpc) is 3.17. The van der Waals surface area contributed by atoms with Gasteiger partial charge in [0.2, 0.25) is 0 Å². The Morgan fingerprint density at radius 3 is 2.09 bits per heavy atom. The molecular formula is C25H30N2O5. The minimum atomic E-state index is -0.546. The molecule has 1 aromatic rings. The molecule has 1 aromatic carbocycles. The van der Waals surface area contributed by atoms with Crippen LogP contribution in [0.25, 0.3) is 0 Å². The fourth-order valence-electron chi connectivity index (χ4n) is 4.55. The molecular weight excluding hydrogens is 408 g/mol. The third-order valence-corrected chi connectivity index (χ3v) is 6.12. The normalized spacial score (nSPS) is 21.2. The minimum Gasteiger partial charge on any atom is -0.451 e. The smallest absolute Gasteiger partial charge is 0.308 e. The lowest BCUT2D eigenvalue weighted by molar-refractivity contribution is -0.144. The van der Waals surface area contributed by atoms with E-state index in [-0.39, 0.29) is 17.6 Å². The number of rotatable bonds is 2. The van der Waals surface area contributed by atoms with Crippen LogP contribution in [0.5, 0.6) is 5.75 Å². The summed E-state index contributed by atoms with van der Waals surface area (Å²) in [4.78, 5) is 42.0. The second-order valence-corrected chi connectivity index (χ2v) is 10.5. The molecule has 0 N–H and O–H groups in total. The zero-order valence-electron chi connectivity index (χ0n) is 19.7. The fourth-order valence-corrected chi connectivity index (χ4v) is 4.55. The summed E-state index contributed by atoms with van der Waals surface area (Å²) < 4.78 is 11.6. The second-order valence-electron chi connectivity index (χ2n) is 10.5. The molecule has 0 bridgehead atoms. The van der Waals surface area contributed by atoms with Crippen LogP contribution in [0.4, 0.5) is 0 Å². The topological polar surface area (TPSA) is 76.2 Å². The largest absolute Gasteiger partial charge is 0.451 e. The third-order valence-electron chi connectivity index (χ3n) is 6.12. The number of hydrogen-bond donors (Lipinski definition) is 0. The summed E-state index contributed by atoms with van der Waals surface area (Å²) >= 11 is 0. The summed E-state index contributed by atoms with van der Waals surface area (Å²) in [5.41, 5.74) is 1.48. The number of hydrogen-bond acceptors (Lipinski definition) is 5. The summed E-state index contributed by atoms with van der Waals surface area (Å²) in [7, 11) is 0. The first kappa shape index (κ1) is 22.1. The SMILES string of the molecule is CC(=O)OC1=C([C@H]2C3=C(Oc4ccccc42)C(=O)N(C(C)(C)C)C3)CN(C(C)(C)C)C1=O. The summed E-state index contributed by atoms with van der Waals surface area (Å²) in [5.74, 6) is -0.476. The van der Waals surface area contributed by atoms with Crippen molar-refractivity contribution in [2.24, 2.45) is 0 Å². The molecule has 1 atom stereocenters. The van der Waals surface area contributed by atoms with Gasteiger partial charge in [-0.15, -0.1) is 0 Å². The van der Waals surface area contributed by atoms with Crippen molar-refractivity contribution < 1.29 is 23.9 Å². The molecule has 0 spiro atoms. The van der Waals surface area contributed by atoms with Crippen molar-refractivity contribution in [1.29, 1.82) is 0 Å². The van der Waals surface area contributed by atoms with Gasteiger partial charge in [0, 0.05) is 53.7 Å². The molecule has 0 saturated heterocycles. The molecule has 0 unspecified atom stereocenters. The van der Waals surface area contributed by atoms with Crippen LogP contribution < -0.4 is 4.74 Å². The molecule has 0 saturated carbocycles. The van der Waals surface area contributed by atoms with Crippen molar-refractivity contribution in [3.8, 4) is 5.75 Å². The van der Waals surface area contributed by atoms with Crippen molar-refractivity contribution in [2.45, 2.75) is 65.5 Å². The standard InChI is InChI=1S/C25H30N2O5/c1-14(28)31-20-16(12-26(22(20)29)24(2,3)4)19-15-10-8-9-11-18(15)32-21-17(19)13-27(23(21)30)25(5,6)7/h8-11,19H,12-13H2,1-7H3/t19-/m0/s1. The van der Waals surface area contributed by atoms with Gasteiger partial charge in [0.05, 0.1) is 0 Å². The molecule has 3 heterocycles. The Labute approximate surface area is 188 Å². The summed E-state index contributed by atoms with van der Waals surface area (Å²) in [6.07, 6.45) is 0. The highest BCUT2D eigenvalue weighted by Gasteiger charge is 2.49. The van der Waals surface area contributed by atoms with Gasteiger partial charge in [-0.1, -0.05) is 18.2 Å². The maximum Gasteiger partial charge on any atom is 0.308 e. The lowest BCUT2D eigenvalue weighted by atomic mass is 9.82. The summed E-state index contributed by atoms with van der Waals surface area (Å²) in [6.45, 7) is 13.8. The van der Waals surface area contributed by atoms with Crippen molar-refractivity contribution in [2.75, 3.05) is 13.1 Å². The van der Waals surface area contributed by atoms with Crippen LogP contribution >= 0.6 is 0 Å². The predicted octanol–water partition coefficient (Wildman–Crippen LogP) is 3.52. The van der Waals surface area contributed by atoms with Crippen molar-refractivity contribution in [3.05, 3.63) is 52.5 Å². The monoisotopic (exact) mass is 438 g/mol. The molecule has 0 radical (unpaired) electrons. The van der Waals surface area contributed by atoms with E-state index in [0.29, 0.717) is 30.2 Å². The van der Waals surface area contributed by atoms with E-state index in [1.807, 2.05) is 65.8 Å². The maximum absolute atomic E-state index is 13.3. The molecule has 170 valence electrons. The molecule has 7 nitrogen and oxygen atoms in total. The zero-order chi connectivity index (χ0) is 23.6. The number of carbonyl (C=O) groups is 3. The molecule has 32 heavy (non-hydrogen) atoms. The van der Waals surface area contributed by atoms with E-state index in [2.05, 4.69) is 0 Å². The Hall–Kier alpha value is -3.09. The maximum atomic E-state index is 13.3. The number of benzene rings is 1. The Kier molecular flexibility index (Phi) is 4.99. The van der Waals surface area contributed by atoms with Gasteiger partial charge in [-0.25, -0.2) is 0 Å². The lowest BCUT2D eigenvalue weighted by Crippen LogP contribution is -2.44. The molecule has 0 fully saturated rings. The van der Waals surface area contributed by atoms with Crippen LogP contribution in [0.2, 0.25) is 0 Å². The average molecular weight is 439 g/mol. The van der Waals surface area contributed by atoms with E-state index in [4.69, 9.17) is 9.47 Å². The lowest BCUT2D eigenvalue weighted by Gasteiger charge is -2.34. The van der Waals surface area contributed by atoms with Crippen LogP contribution in [0.15, 0.2) is 46.9 Å². The molecule has 7 heteroatoms. The predicted molar refractivity (Wildman–Crippen MR) is 119 cm³/mol. The quantitative estimate of drug-likeness (QED) is 0.661. The van der Waals surface area contributed by atoms with Crippen LogP contribution in [-0.2, 0) is 19.1 Å². The van der Waals surface area contributed by atoms with Gasteiger partial charge in [0.15, 0.2) is 11.5 Å². The van der Waals surface area contributed by atoms with E-state index in [9.17, 15) is 14.4 Å². The first-order valence-electron chi connectivity index (χ1n) is 10.9. The Morgan fingerprint density at radius 1 is 0.938 bits per heavy atom. The van der Waals surface area contributed by atoms with E-state index in [1.165, 1.54) is 6.92 Å². The Morgan fingerprint density at radius 2 is 1.50 bits per heavy atom. The minimum absolute atomic E-state index is 0.0580. The summed E-state index contributed by atoms with van der Waals surface area (Å²) in [5, 5.41) is 0. The van der Waals surface area contributed by atoms with Crippen LogP contribution in [0.3, 0.4) is 0 Å². The number of carbonyl (C=O) groups excluding carboxylic acids is 3. The molecule has 0 aromatic heterocycles. The first-order valence-corrected chi connectivity index (χ1v) is 10.9. The highest BCUT2D eigenvalue weighted by Crippen LogP contribution is 2.49. The fraction of sp³-hybridized carbons (Fsp3) is 0.480. The van der Waals surface area contributed by atoms with E-state index >= 15 is 0 Å². The van der Waals surface area contributed by atoms with Crippen molar-refractivity contribution in [1.82, 2.24) is 9.80 Å². The zero-order valence-corrected chi connectivity index (χ0v) is 19.7. The number of esters is 1. The highest BCUT2D eigenvalue weighted by molar-refractivity contribution is 6.00. The van der Waals surface area contributed by atoms with E-state index in [0.717, 1.165) is 11.1 Å². The summed E-state index contributed by atoms with van der Waals surface area (Å²) in [6, 6.07) is 7.52. The first-order chi connectivity index (χ1) is 14.8. The van der Waals surface area contributed by atoms with E-state index < -0.39 is 23.0 Å². The molecule has 0 aliphatic carbocycles. The van der Waals surface area contributed by atoms with Gasteiger partial charge in [0.25, 0.3) is 11.8 Å². The van der Waals surface area contributed by atoms with Gasteiger partial charge in [-0.2, -0.15) is 0 Å². The van der Waals surface area contributed by atoms with Gasteiger partial charge >= 0.3 is 5.97 Å². The van der Waals surface area contributed by atoms with Crippen LogP contribution in [-0.4, -0.2) is 51.8 Å². The van der Waals surface area contributed by atoms with Gasteiger partial charge in [0.1, 0.15) is 5.75 Å². The number of nitrogens with zero attached hydrogens (tertiary/aromatic N) is 2. The van der Waals surface area contributed by atoms with Crippen molar-refractivity contribution in [3.63, 3.8) is 0 Å². The number of fused-ring (bicyclic) bond motifs is 1. The van der Waals surface area contributed by atoms with Gasteiger partial charge in [-0.3, -0.25) is 14.4 Å². The number of para-hydroxylation sites is 1. The van der Waals surface area contributed by atoms with Gasteiger partial charge in [-0.05, 0) is 47.6 Å². The molecule has 3 aliphatic heterocycles. The second kappa shape index (κ2) is 7.22. The van der Waals surface area contributed by atoms with Crippen molar-refractivity contribution >= 4 is 17.8 Å². The Balaban J connectivity index is 1.90. The molecule has 4 rings (SSSR count). The highest BCUT2D eigenvalue weighted by atomic mass is 16.5. The van der Waals surface area contributed by atoms with E-state index in [1.54, 1.807) is 9.80 Å². The van der Waals surface area contributed by atoms with Crippen LogP contribution in [0, 0.1) is 0 Å². The number of amides is 2. The van der Waals surface area contributed by atoms with Gasteiger partial charge < -0.3 is 19.3 Å². The third kappa shape index (κ3) is 3.49. The Bertz CT molecular complexity index is 1080. The number of ether oxygens (including phenoxy) is 2. The van der Waals surface area contributed by atoms with Crippen LogP contribution in [0.1, 0.15) is 59.9 Å². The molecule has 2 amide bonds. The molecule has 3 aliphatic rings.